The monoisotopic (exact) mass is 230 g/mol. The number of hydrogen-bond donors (Lipinski definition) is 0. The van der Waals surface area contributed by atoms with E-state index in [0.717, 1.165) is 11.5 Å². The minimum absolute atomic E-state index is 0.580. The number of rotatable bonds is 4. The predicted molar refractivity (Wildman–Crippen MR) is 68.0 cm³/mol. The van der Waals surface area contributed by atoms with E-state index in [2.05, 4.69) is 6.58 Å². The smallest absolute Gasteiger partial charge is 0.123 e. The van der Waals surface area contributed by atoms with Crippen LogP contribution < -0.4 is 9.47 Å². The third-order valence-electron chi connectivity index (χ3n) is 4.03. The van der Waals surface area contributed by atoms with E-state index in [1.165, 1.54) is 30.4 Å². The first-order valence-electron chi connectivity index (χ1n) is 6.29. The van der Waals surface area contributed by atoms with Gasteiger partial charge in [-0.15, -0.1) is 0 Å². The quantitative estimate of drug-likeness (QED) is 0.735. The Kier molecular flexibility index (Phi) is 2.58. The van der Waals surface area contributed by atoms with Gasteiger partial charge < -0.3 is 9.47 Å². The van der Waals surface area contributed by atoms with Crippen molar-refractivity contribution in [2.75, 3.05) is 13.7 Å². The highest BCUT2D eigenvalue weighted by atomic mass is 16.5. The van der Waals surface area contributed by atoms with Gasteiger partial charge in [0.2, 0.25) is 0 Å². The van der Waals surface area contributed by atoms with E-state index in [1.54, 1.807) is 13.2 Å². The molecule has 17 heavy (non-hydrogen) atoms. The molecule has 2 bridgehead atoms. The first-order chi connectivity index (χ1) is 8.35. The molecule has 1 aromatic rings. The van der Waals surface area contributed by atoms with Crippen LogP contribution in [0.3, 0.4) is 0 Å². The molecule has 2 aliphatic carbocycles. The van der Waals surface area contributed by atoms with Crippen molar-refractivity contribution in [2.24, 2.45) is 0 Å². The average molecular weight is 230 g/mol. The Hall–Kier alpha value is -1.44. The summed E-state index contributed by atoms with van der Waals surface area (Å²) in [5.41, 5.74) is 2.81. The minimum atomic E-state index is 0.580. The third kappa shape index (κ3) is 1.54. The number of methoxy groups -OCH3 is 1. The van der Waals surface area contributed by atoms with Gasteiger partial charge in [-0.25, -0.2) is 0 Å². The summed E-state index contributed by atoms with van der Waals surface area (Å²) in [6, 6.07) is 4.08. The summed E-state index contributed by atoms with van der Waals surface area (Å²) in [7, 11) is 1.76. The zero-order valence-corrected chi connectivity index (χ0v) is 10.2. The van der Waals surface area contributed by atoms with Crippen molar-refractivity contribution in [3.05, 3.63) is 35.9 Å². The first kappa shape index (κ1) is 10.7. The zero-order chi connectivity index (χ0) is 11.8. The van der Waals surface area contributed by atoms with Crippen LogP contribution in [0.4, 0.5) is 0 Å². The Labute approximate surface area is 102 Å². The van der Waals surface area contributed by atoms with E-state index in [-0.39, 0.29) is 0 Å². The lowest BCUT2D eigenvalue weighted by Crippen LogP contribution is -2.05. The molecule has 1 fully saturated rings. The second-order valence-corrected chi connectivity index (χ2v) is 4.90. The van der Waals surface area contributed by atoms with Gasteiger partial charge in [0.25, 0.3) is 0 Å². The zero-order valence-electron chi connectivity index (χ0n) is 10.2. The molecule has 0 N–H and O–H groups in total. The molecule has 0 aromatic heterocycles. The van der Waals surface area contributed by atoms with E-state index >= 15 is 0 Å². The number of hydrogen-bond acceptors (Lipinski definition) is 2. The molecule has 2 aliphatic rings. The van der Waals surface area contributed by atoms with Crippen LogP contribution >= 0.6 is 0 Å². The lowest BCUT2D eigenvalue weighted by molar-refractivity contribution is 0.353. The van der Waals surface area contributed by atoms with Crippen LogP contribution in [0.1, 0.15) is 42.2 Å². The normalized spacial score (nSPS) is 24.5. The summed E-state index contributed by atoms with van der Waals surface area (Å²) in [5, 5.41) is 0. The molecule has 0 spiro atoms. The molecule has 1 saturated carbocycles. The number of benzene rings is 1. The van der Waals surface area contributed by atoms with Gasteiger partial charge in [-0.1, -0.05) is 12.7 Å². The minimum Gasteiger partial charge on any atom is -0.496 e. The van der Waals surface area contributed by atoms with Crippen molar-refractivity contribution in [3.8, 4) is 11.5 Å². The summed E-state index contributed by atoms with van der Waals surface area (Å²) in [5.74, 6) is 3.45. The Morgan fingerprint density at radius 3 is 2.53 bits per heavy atom. The van der Waals surface area contributed by atoms with E-state index < -0.39 is 0 Å². The Balaban J connectivity index is 2.06. The van der Waals surface area contributed by atoms with Gasteiger partial charge in [0.15, 0.2) is 0 Å². The Morgan fingerprint density at radius 1 is 1.24 bits per heavy atom. The van der Waals surface area contributed by atoms with Crippen LogP contribution in [0.2, 0.25) is 0 Å². The van der Waals surface area contributed by atoms with Gasteiger partial charge in [0, 0.05) is 11.1 Å². The van der Waals surface area contributed by atoms with Gasteiger partial charge in [-0.3, -0.25) is 0 Å². The van der Waals surface area contributed by atoms with Crippen molar-refractivity contribution >= 4 is 0 Å². The highest BCUT2D eigenvalue weighted by Gasteiger charge is 2.41. The summed E-state index contributed by atoms with van der Waals surface area (Å²) in [4.78, 5) is 0. The van der Waals surface area contributed by atoms with Gasteiger partial charge in [0.1, 0.15) is 18.1 Å². The van der Waals surface area contributed by atoms with Crippen LogP contribution in [-0.2, 0) is 0 Å². The van der Waals surface area contributed by atoms with E-state index in [1.807, 2.05) is 12.1 Å². The summed E-state index contributed by atoms with van der Waals surface area (Å²) in [6.45, 7) is 4.28. The molecule has 1 aromatic carbocycles. The maximum Gasteiger partial charge on any atom is 0.123 e. The summed E-state index contributed by atoms with van der Waals surface area (Å²) < 4.78 is 11.3. The van der Waals surface area contributed by atoms with Crippen LogP contribution in [0, 0.1) is 0 Å². The fourth-order valence-corrected chi connectivity index (χ4v) is 3.40. The van der Waals surface area contributed by atoms with Gasteiger partial charge in [-0.2, -0.15) is 0 Å². The molecular weight excluding hydrogens is 212 g/mol. The van der Waals surface area contributed by atoms with Crippen molar-refractivity contribution in [1.29, 1.82) is 0 Å². The molecule has 0 radical (unpaired) electrons. The average Bonchev–Trinajstić information content (AvgIpc) is 2.97. The molecule has 2 atom stereocenters. The lowest BCUT2D eigenvalue weighted by atomic mass is 9.90. The Bertz CT molecular complexity index is 450. The van der Waals surface area contributed by atoms with E-state index in [0.29, 0.717) is 18.4 Å². The van der Waals surface area contributed by atoms with Crippen molar-refractivity contribution in [2.45, 2.75) is 31.1 Å². The largest absolute Gasteiger partial charge is 0.496 e. The highest BCUT2D eigenvalue weighted by Crippen LogP contribution is 2.58. The van der Waals surface area contributed by atoms with Crippen molar-refractivity contribution in [3.63, 3.8) is 0 Å². The fourth-order valence-electron chi connectivity index (χ4n) is 3.40. The van der Waals surface area contributed by atoms with Crippen LogP contribution in [-0.4, -0.2) is 13.7 Å². The lowest BCUT2D eigenvalue weighted by Gasteiger charge is -2.21. The summed E-state index contributed by atoms with van der Waals surface area (Å²) in [6.07, 6.45) is 5.68. The molecule has 0 amide bonds. The number of fused-ring (bicyclic) bond motifs is 5. The van der Waals surface area contributed by atoms with E-state index in [4.69, 9.17) is 9.47 Å². The van der Waals surface area contributed by atoms with Crippen LogP contribution in [0.15, 0.2) is 24.8 Å². The fraction of sp³-hybridized carbons (Fsp3) is 0.467. The molecule has 0 heterocycles. The van der Waals surface area contributed by atoms with Gasteiger partial charge in [0.05, 0.1) is 7.11 Å². The summed E-state index contributed by atoms with van der Waals surface area (Å²) >= 11 is 0. The van der Waals surface area contributed by atoms with E-state index in [9.17, 15) is 0 Å². The standard InChI is InChI=1S/C15H18O2/c1-3-8-17-13-7-6-12(16-2)14-10-4-5-11(9-10)15(13)14/h3,6-7,10-11H,1,4-5,8-9H2,2H3/t10-,11+/m1/s1. The molecule has 2 nitrogen and oxygen atoms in total. The molecule has 3 rings (SSSR count). The second-order valence-electron chi connectivity index (χ2n) is 4.90. The second kappa shape index (κ2) is 4.10. The Morgan fingerprint density at radius 2 is 1.88 bits per heavy atom. The first-order valence-corrected chi connectivity index (χ1v) is 6.29. The van der Waals surface area contributed by atoms with Crippen molar-refractivity contribution < 1.29 is 9.47 Å². The third-order valence-corrected chi connectivity index (χ3v) is 4.03. The molecule has 0 aliphatic heterocycles. The molecule has 2 heteroatoms. The van der Waals surface area contributed by atoms with Crippen LogP contribution in [0.5, 0.6) is 11.5 Å². The molecular formula is C15H18O2. The van der Waals surface area contributed by atoms with Gasteiger partial charge >= 0.3 is 0 Å². The molecule has 0 saturated heterocycles. The number of ether oxygens (including phenoxy) is 2. The maximum atomic E-state index is 5.78. The highest BCUT2D eigenvalue weighted by molar-refractivity contribution is 5.56. The van der Waals surface area contributed by atoms with Crippen LogP contribution in [0.25, 0.3) is 0 Å². The molecule has 0 unspecified atom stereocenters. The van der Waals surface area contributed by atoms with Crippen molar-refractivity contribution in [1.82, 2.24) is 0 Å². The topological polar surface area (TPSA) is 18.5 Å². The van der Waals surface area contributed by atoms with Gasteiger partial charge in [-0.05, 0) is 43.2 Å². The maximum absolute atomic E-state index is 5.78. The SMILES string of the molecule is C=CCOc1ccc(OC)c2c1[C@H]1CC[C@@H]2C1. The molecule has 90 valence electrons. The predicted octanol–water partition coefficient (Wildman–Crippen LogP) is 3.62.